The molecule has 1 aromatic carbocycles. The molecule has 1 aliphatic heterocycles. The second-order valence-electron chi connectivity index (χ2n) is 6.27. The third-order valence-corrected chi connectivity index (χ3v) is 6.91. The van der Waals surface area contributed by atoms with Gasteiger partial charge in [-0.2, -0.15) is 4.31 Å². The molecular formula is C17H20ClN3O5S. The van der Waals surface area contributed by atoms with Crippen molar-refractivity contribution in [1.82, 2.24) is 9.46 Å². The summed E-state index contributed by atoms with van der Waals surface area (Å²) in [6.45, 7) is 3.36. The molecule has 0 spiro atoms. The molecule has 3 rings (SSSR count). The number of aromatic nitrogens is 1. The van der Waals surface area contributed by atoms with Crippen LogP contribution in [0.25, 0.3) is 0 Å². The predicted octanol–water partition coefficient (Wildman–Crippen LogP) is 2.75. The Morgan fingerprint density at radius 2 is 2.15 bits per heavy atom. The molecule has 1 fully saturated rings. The molecule has 0 unspecified atom stereocenters. The number of benzene rings is 1. The maximum Gasteiger partial charge on any atom is 0.249 e. The summed E-state index contributed by atoms with van der Waals surface area (Å²) in [5, 5.41) is 6.79. The molecule has 1 aromatic heterocycles. The zero-order valence-electron chi connectivity index (χ0n) is 15.2. The molecule has 1 saturated heterocycles. The van der Waals surface area contributed by atoms with Crippen molar-refractivity contribution in [2.24, 2.45) is 0 Å². The van der Waals surface area contributed by atoms with E-state index < -0.39 is 22.0 Å². The number of aryl methyl sites for hydroxylation is 2. The summed E-state index contributed by atoms with van der Waals surface area (Å²) in [6.07, 6.45) is 1.02. The first-order chi connectivity index (χ1) is 12.8. The van der Waals surface area contributed by atoms with E-state index in [-0.39, 0.29) is 22.9 Å². The SMILES string of the molecule is COc1ccc(NC(=O)[C@@H]2CCCN2S(=O)(=O)c2c(C)noc2C)cc1Cl. The third kappa shape index (κ3) is 3.67. The van der Waals surface area contributed by atoms with Crippen molar-refractivity contribution >= 4 is 33.2 Å². The smallest absolute Gasteiger partial charge is 0.249 e. The summed E-state index contributed by atoms with van der Waals surface area (Å²) in [4.78, 5) is 12.8. The van der Waals surface area contributed by atoms with Crippen molar-refractivity contribution in [3.63, 3.8) is 0 Å². The van der Waals surface area contributed by atoms with E-state index in [0.717, 1.165) is 0 Å². The summed E-state index contributed by atoms with van der Waals surface area (Å²) < 4.78 is 37.4. The standard InChI is InChI=1S/C17H20ClN3O5S/c1-10-16(11(2)26-20-10)27(23,24)21-8-4-5-14(21)17(22)19-12-6-7-15(25-3)13(18)9-12/h6-7,9,14H,4-5,8H2,1-3H3,(H,19,22)/t14-/m0/s1. The summed E-state index contributed by atoms with van der Waals surface area (Å²) in [5.74, 6) is 0.280. The fourth-order valence-electron chi connectivity index (χ4n) is 3.22. The monoisotopic (exact) mass is 413 g/mol. The molecule has 0 saturated carbocycles. The summed E-state index contributed by atoms with van der Waals surface area (Å²) in [6, 6.07) is 4.01. The van der Waals surface area contributed by atoms with Crippen LogP contribution in [0.3, 0.4) is 0 Å². The molecule has 146 valence electrons. The van der Waals surface area contributed by atoms with Crippen molar-refractivity contribution in [3.05, 3.63) is 34.7 Å². The molecule has 1 N–H and O–H groups in total. The minimum Gasteiger partial charge on any atom is -0.495 e. The van der Waals surface area contributed by atoms with E-state index in [2.05, 4.69) is 10.5 Å². The number of hydrogen-bond donors (Lipinski definition) is 1. The minimum absolute atomic E-state index is 0.0229. The molecule has 0 aliphatic carbocycles. The number of methoxy groups -OCH3 is 1. The fraction of sp³-hybridized carbons (Fsp3) is 0.412. The van der Waals surface area contributed by atoms with Gasteiger partial charge in [-0.25, -0.2) is 8.42 Å². The minimum atomic E-state index is -3.89. The van der Waals surface area contributed by atoms with Gasteiger partial charge in [0.15, 0.2) is 5.76 Å². The molecule has 1 amide bonds. The Morgan fingerprint density at radius 1 is 1.41 bits per heavy atom. The van der Waals surface area contributed by atoms with Crippen LogP contribution in [-0.4, -0.2) is 43.5 Å². The number of sulfonamides is 1. The van der Waals surface area contributed by atoms with Gasteiger partial charge in [0, 0.05) is 12.2 Å². The Kier molecular flexibility index (Phi) is 5.45. The lowest BCUT2D eigenvalue weighted by Crippen LogP contribution is -2.43. The number of ether oxygens (including phenoxy) is 1. The van der Waals surface area contributed by atoms with E-state index >= 15 is 0 Å². The van der Waals surface area contributed by atoms with Gasteiger partial charge in [0.05, 0.1) is 12.1 Å². The van der Waals surface area contributed by atoms with Gasteiger partial charge in [-0.3, -0.25) is 4.79 Å². The molecule has 10 heteroatoms. The van der Waals surface area contributed by atoms with Gasteiger partial charge in [0.25, 0.3) is 0 Å². The molecule has 2 aromatic rings. The number of halogens is 1. The van der Waals surface area contributed by atoms with Gasteiger partial charge in [0.1, 0.15) is 22.4 Å². The lowest BCUT2D eigenvalue weighted by atomic mass is 10.2. The van der Waals surface area contributed by atoms with Crippen LogP contribution in [0.2, 0.25) is 5.02 Å². The van der Waals surface area contributed by atoms with Crippen LogP contribution in [0.4, 0.5) is 5.69 Å². The van der Waals surface area contributed by atoms with E-state index in [9.17, 15) is 13.2 Å². The zero-order chi connectivity index (χ0) is 19.8. The van der Waals surface area contributed by atoms with Gasteiger partial charge >= 0.3 is 0 Å². The maximum atomic E-state index is 13.1. The number of carbonyl (C=O) groups excluding carboxylic acids is 1. The Bertz CT molecular complexity index is 953. The van der Waals surface area contributed by atoms with Gasteiger partial charge in [-0.1, -0.05) is 16.8 Å². The van der Waals surface area contributed by atoms with Crippen molar-refractivity contribution in [3.8, 4) is 5.75 Å². The Labute approximate surface area is 162 Å². The highest BCUT2D eigenvalue weighted by molar-refractivity contribution is 7.89. The number of amides is 1. The quantitative estimate of drug-likeness (QED) is 0.808. The normalized spacial score (nSPS) is 17.9. The van der Waals surface area contributed by atoms with Crippen LogP contribution in [0, 0.1) is 13.8 Å². The number of nitrogens with zero attached hydrogens (tertiary/aromatic N) is 2. The Hall–Kier alpha value is -2.10. The highest BCUT2D eigenvalue weighted by Gasteiger charge is 2.41. The predicted molar refractivity (Wildman–Crippen MR) is 99.5 cm³/mol. The first-order valence-electron chi connectivity index (χ1n) is 8.35. The third-order valence-electron chi connectivity index (χ3n) is 4.46. The van der Waals surface area contributed by atoms with Crippen molar-refractivity contribution in [2.45, 2.75) is 37.6 Å². The Balaban J connectivity index is 1.84. The zero-order valence-corrected chi connectivity index (χ0v) is 16.7. The molecule has 2 heterocycles. The van der Waals surface area contributed by atoms with E-state index in [4.69, 9.17) is 20.9 Å². The Morgan fingerprint density at radius 3 is 2.74 bits per heavy atom. The molecular weight excluding hydrogens is 394 g/mol. The number of carbonyl (C=O) groups is 1. The van der Waals surface area contributed by atoms with Crippen molar-refractivity contribution in [1.29, 1.82) is 0 Å². The molecule has 27 heavy (non-hydrogen) atoms. The summed E-state index contributed by atoms with van der Waals surface area (Å²) in [5.41, 5.74) is 0.743. The number of hydrogen-bond acceptors (Lipinski definition) is 6. The molecule has 1 aliphatic rings. The fourth-order valence-corrected chi connectivity index (χ4v) is 5.43. The van der Waals surface area contributed by atoms with Crippen molar-refractivity contribution < 1.29 is 22.5 Å². The second-order valence-corrected chi connectivity index (χ2v) is 8.50. The van der Waals surface area contributed by atoms with E-state index in [0.29, 0.717) is 29.3 Å². The first-order valence-corrected chi connectivity index (χ1v) is 10.2. The van der Waals surface area contributed by atoms with Crippen molar-refractivity contribution in [2.75, 3.05) is 19.0 Å². The second kappa shape index (κ2) is 7.49. The van der Waals surface area contributed by atoms with E-state index in [1.165, 1.54) is 18.3 Å². The maximum absolute atomic E-state index is 13.1. The average Bonchev–Trinajstić information content (AvgIpc) is 3.22. The topological polar surface area (TPSA) is 102 Å². The van der Waals surface area contributed by atoms with Crippen LogP contribution >= 0.6 is 11.6 Å². The largest absolute Gasteiger partial charge is 0.495 e. The number of nitrogens with one attached hydrogen (secondary N) is 1. The number of anilines is 1. The lowest BCUT2D eigenvalue weighted by Gasteiger charge is -2.23. The van der Waals surface area contributed by atoms with Crippen LogP contribution in [0.5, 0.6) is 5.75 Å². The summed E-state index contributed by atoms with van der Waals surface area (Å²) >= 11 is 6.08. The van der Waals surface area contributed by atoms with Gasteiger partial charge in [-0.05, 0) is 44.9 Å². The highest BCUT2D eigenvalue weighted by atomic mass is 35.5. The van der Waals surface area contributed by atoms with Gasteiger partial charge < -0.3 is 14.6 Å². The number of rotatable bonds is 5. The molecule has 1 atom stereocenters. The van der Waals surface area contributed by atoms with Crippen LogP contribution < -0.4 is 10.1 Å². The van der Waals surface area contributed by atoms with Crippen LogP contribution in [-0.2, 0) is 14.8 Å². The molecule has 8 nitrogen and oxygen atoms in total. The van der Waals surface area contributed by atoms with Gasteiger partial charge in [0.2, 0.25) is 15.9 Å². The van der Waals surface area contributed by atoms with Crippen LogP contribution in [0.1, 0.15) is 24.3 Å². The average molecular weight is 414 g/mol. The highest BCUT2D eigenvalue weighted by Crippen LogP contribution is 2.31. The van der Waals surface area contributed by atoms with E-state index in [1.807, 2.05) is 0 Å². The van der Waals surface area contributed by atoms with Crippen LogP contribution in [0.15, 0.2) is 27.6 Å². The summed E-state index contributed by atoms with van der Waals surface area (Å²) in [7, 11) is -2.40. The molecule has 0 radical (unpaired) electrons. The first kappa shape index (κ1) is 19.7. The lowest BCUT2D eigenvalue weighted by molar-refractivity contribution is -0.119. The molecule has 0 bridgehead atoms. The van der Waals surface area contributed by atoms with E-state index in [1.54, 1.807) is 25.1 Å². The van der Waals surface area contributed by atoms with Gasteiger partial charge in [-0.15, -0.1) is 0 Å².